The first-order valence-electron chi connectivity index (χ1n) is 5.89. The molecule has 0 aliphatic heterocycles. The zero-order valence-electron chi connectivity index (χ0n) is 10.8. The van der Waals surface area contributed by atoms with Crippen molar-refractivity contribution in [1.29, 1.82) is 0 Å². The summed E-state index contributed by atoms with van der Waals surface area (Å²) in [5, 5.41) is 6.72. The molecule has 102 valence electrons. The van der Waals surface area contributed by atoms with Crippen molar-refractivity contribution in [3.05, 3.63) is 42.1 Å². The molecule has 19 heavy (non-hydrogen) atoms. The van der Waals surface area contributed by atoms with Crippen molar-refractivity contribution in [1.82, 2.24) is 9.78 Å². The summed E-state index contributed by atoms with van der Waals surface area (Å²) in [5.41, 5.74) is 2.18. The van der Waals surface area contributed by atoms with Gasteiger partial charge in [0.25, 0.3) is 0 Å². The van der Waals surface area contributed by atoms with Crippen molar-refractivity contribution in [3.63, 3.8) is 0 Å². The Hall–Kier alpha value is -2.11. The third-order valence-corrected chi connectivity index (χ3v) is 2.73. The Labute approximate surface area is 110 Å². The van der Waals surface area contributed by atoms with Crippen LogP contribution in [0.4, 0.5) is 20.3 Å². The lowest BCUT2D eigenvalue weighted by atomic mass is 10.2. The second-order valence-electron chi connectivity index (χ2n) is 4.37. The molecule has 0 aliphatic rings. The zero-order valence-corrected chi connectivity index (χ0v) is 10.8. The van der Waals surface area contributed by atoms with E-state index in [1.54, 1.807) is 0 Å². The van der Waals surface area contributed by atoms with Crippen LogP contribution < -0.4 is 10.2 Å². The molecule has 2 aromatic rings. The molecule has 0 spiro atoms. The van der Waals surface area contributed by atoms with E-state index in [0.717, 1.165) is 11.3 Å². The first kappa shape index (κ1) is 13.3. The monoisotopic (exact) mass is 266 g/mol. The Morgan fingerprint density at radius 1 is 1.21 bits per heavy atom. The molecule has 0 bridgehead atoms. The van der Waals surface area contributed by atoms with Crippen LogP contribution in [0.15, 0.2) is 36.5 Å². The third-order valence-electron chi connectivity index (χ3n) is 2.73. The summed E-state index contributed by atoms with van der Waals surface area (Å²) >= 11 is 0. The van der Waals surface area contributed by atoms with Crippen molar-refractivity contribution in [2.24, 2.45) is 0 Å². The van der Waals surface area contributed by atoms with Crippen LogP contribution in [0.25, 0.3) is 0 Å². The molecule has 0 radical (unpaired) electrons. The molecule has 1 aromatic heterocycles. The van der Waals surface area contributed by atoms with Gasteiger partial charge in [-0.15, -0.1) is 0 Å². The van der Waals surface area contributed by atoms with Crippen molar-refractivity contribution in [3.8, 4) is 0 Å². The fraction of sp³-hybridized carbons (Fsp3) is 0.308. The predicted molar refractivity (Wildman–Crippen MR) is 71.6 cm³/mol. The highest BCUT2D eigenvalue weighted by molar-refractivity contribution is 5.46. The van der Waals surface area contributed by atoms with Crippen LogP contribution in [0.1, 0.15) is 12.1 Å². The van der Waals surface area contributed by atoms with Crippen LogP contribution in [0, 0.1) is 0 Å². The molecule has 4 nitrogen and oxygen atoms in total. The van der Waals surface area contributed by atoms with E-state index in [1.165, 1.54) is 12.3 Å². The molecule has 1 N–H and O–H groups in total. The summed E-state index contributed by atoms with van der Waals surface area (Å²) in [5.74, 6) is 0.442. The fourth-order valence-electron chi connectivity index (χ4n) is 1.65. The number of halogens is 2. The number of alkyl halides is 2. The molecule has 1 aromatic carbocycles. The van der Waals surface area contributed by atoms with E-state index in [-0.39, 0.29) is 0 Å². The van der Waals surface area contributed by atoms with E-state index in [9.17, 15) is 8.78 Å². The maximum Gasteiger partial charge on any atom is 0.333 e. The summed E-state index contributed by atoms with van der Waals surface area (Å²) < 4.78 is 25.3. The van der Waals surface area contributed by atoms with Crippen LogP contribution in [0.3, 0.4) is 0 Å². The Morgan fingerprint density at radius 3 is 2.42 bits per heavy atom. The van der Waals surface area contributed by atoms with E-state index in [4.69, 9.17) is 0 Å². The second-order valence-corrected chi connectivity index (χ2v) is 4.37. The van der Waals surface area contributed by atoms with Crippen molar-refractivity contribution in [2.75, 3.05) is 24.3 Å². The van der Waals surface area contributed by atoms with Gasteiger partial charge in [0.15, 0.2) is 0 Å². The van der Waals surface area contributed by atoms with Crippen LogP contribution in [-0.4, -0.2) is 23.9 Å². The van der Waals surface area contributed by atoms with Gasteiger partial charge in [0.2, 0.25) is 0 Å². The van der Waals surface area contributed by atoms with Crippen molar-refractivity contribution >= 4 is 11.5 Å². The summed E-state index contributed by atoms with van der Waals surface area (Å²) in [6.07, 6.45) is 1.25. The van der Waals surface area contributed by atoms with Crippen molar-refractivity contribution < 1.29 is 8.78 Å². The van der Waals surface area contributed by atoms with Gasteiger partial charge in [-0.05, 0) is 17.7 Å². The Balaban J connectivity index is 1.94. The number of anilines is 2. The van der Waals surface area contributed by atoms with Crippen molar-refractivity contribution in [2.45, 2.75) is 13.1 Å². The highest BCUT2D eigenvalue weighted by atomic mass is 19.3. The smallest absolute Gasteiger partial charge is 0.333 e. The molecule has 0 atom stereocenters. The number of aromatic nitrogens is 2. The highest BCUT2D eigenvalue weighted by Gasteiger charge is 2.06. The molecule has 0 amide bonds. The fourth-order valence-corrected chi connectivity index (χ4v) is 1.65. The maximum absolute atomic E-state index is 12.3. The van der Waals surface area contributed by atoms with E-state index < -0.39 is 6.55 Å². The first-order chi connectivity index (χ1) is 9.06. The summed E-state index contributed by atoms with van der Waals surface area (Å²) in [6.45, 7) is -2.05. The molecule has 0 saturated heterocycles. The molecule has 1 heterocycles. The molecule has 2 rings (SSSR count). The molecular weight excluding hydrogens is 250 g/mol. The van der Waals surface area contributed by atoms with E-state index >= 15 is 0 Å². The van der Waals surface area contributed by atoms with E-state index in [0.29, 0.717) is 17.0 Å². The molecule has 0 fully saturated rings. The van der Waals surface area contributed by atoms with Gasteiger partial charge >= 0.3 is 6.55 Å². The van der Waals surface area contributed by atoms with Crippen LogP contribution >= 0.6 is 0 Å². The molecule has 0 aliphatic carbocycles. The van der Waals surface area contributed by atoms with Gasteiger partial charge in [0.1, 0.15) is 5.82 Å². The molecule has 0 saturated carbocycles. The van der Waals surface area contributed by atoms with Gasteiger partial charge in [-0.2, -0.15) is 13.9 Å². The quantitative estimate of drug-likeness (QED) is 0.903. The van der Waals surface area contributed by atoms with Gasteiger partial charge in [-0.1, -0.05) is 12.1 Å². The number of nitrogens with one attached hydrogen (secondary N) is 1. The minimum atomic E-state index is -2.60. The topological polar surface area (TPSA) is 33.1 Å². The lowest BCUT2D eigenvalue weighted by molar-refractivity contribution is 0.0569. The van der Waals surface area contributed by atoms with Gasteiger partial charge in [0, 0.05) is 38.6 Å². The maximum atomic E-state index is 12.3. The highest BCUT2D eigenvalue weighted by Crippen LogP contribution is 2.15. The molecule has 6 heteroatoms. The summed E-state index contributed by atoms with van der Waals surface area (Å²) in [7, 11) is 3.95. The third kappa shape index (κ3) is 3.43. The minimum Gasteiger partial charge on any atom is -0.378 e. The summed E-state index contributed by atoms with van der Waals surface area (Å²) in [4.78, 5) is 2.02. The zero-order chi connectivity index (χ0) is 13.8. The second kappa shape index (κ2) is 5.69. The lowest BCUT2D eigenvalue weighted by Crippen LogP contribution is -2.08. The largest absolute Gasteiger partial charge is 0.378 e. The van der Waals surface area contributed by atoms with E-state index in [1.807, 2.05) is 43.3 Å². The Kier molecular flexibility index (Phi) is 3.99. The number of hydrogen-bond donors (Lipinski definition) is 1. The van der Waals surface area contributed by atoms with Gasteiger partial charge < -0.3 is 10.2 Å². The average Bonchev–Trinajstić information content (AvgIpc) is 2.86. The molecule has 0 unspecified atom stereocenters. The first-order valence-corrected chi connectivity index (χ1v) is 5.89. The SMILES string of the molecule is CN(C)c1ccc(CNc2ccn(C(F)F)n2)cc1. The lowest BCUT2D eigenvalue weighted by Gasteiger charge is -2.12. The summed E-state index contributed by atoms with van der Waals surface area (Å²) in [6, 6.07) is 9.53. The van der Waals surface area contributed by atoms with Crippen LogP contribution in [0.5, 0.6) is 0 Å². The van der Waals surface area contributed by atoms with Gasteiger partial charge in [0.05, 0.1) is 0 Å². The van der Waals surface area contributed by atoms with Gasteiger partial charge in [-0.25, -0.2) is 4.68 Å². The standard InChI is InChI=1S/C13H16F2N4/c1-18(2)11-5-3-10(4-6-11)9-16-12-7-8-19(17-12)13(14)15/h3-8,13H,9H2,1-2H3,(H,16,17). The predicted octanol–water partition coefficient (Wildman–Crippen LogP) is 2.96. The van der Waals surface area contributed by atoms with Crippen LogP contribution in [0.2, 0.25) is 0 Å². The van der Waals surface area contributed by atoms with E-state index in [2.05, 4.69) is 10.4 Å². The number of hydrogen-bond acceptors (Lipinski definition) is 3. The normalized spacial score (nSPS) is 10.8. The number of nitrogens with zero attached hydrogens (tertiary/aromatic N) is 3. The molecular formula is C13H16F2N4. The number of rotatable bonds is 5. The van der Waals surface area contributed by atoms with Crippen LogP contribution in [-0.2, 0) is 6.54 Å². The number of benzene rings is 1. The Bertz CT molecular complexity index is 520. The average molecular weight is 266 g/mol. The van der Waals surface area contributed by atoms with Gasteiger partial charge in [-0.3, -0.25) is 0 Å². The Morgan fingerprint density at radius 2 is 1.89 bits per heavy atom. The minimum absolute atomic E-state index is 0.442.